The molecule has 2 aromatic heterocycles. The molecule has 21 heavy (non-hydrogen) atoms. The Morgan fingerprint density at radius 3 is 3.05 bits per heavy atom. The summed E-state index contributed by atoms with van der Waals surface area (Å²) in [6.07, 6.45) is 8.48. The van der Waals surface area contributed by atoms with Crippen molar-refractivity contribution in [2.45, 2.75) is 38.1 Å². The Bertz CT molecular complexity index is 680. The zero-order valence-electron chi connectivity index (χ0n) is 12.2. The van der Waals surface area contributed by atoms with Crippen LogP contribution in [-0.2, 0) is 4.79 Å². The summed E-state index contributed by atoms with van der Waals surface area (Å²) in [4.78, 5) is 25.8. The van der Waals surface area contributed by atoms with E-state index >= 15 is 0 Å². The van der Waals surface area contributed by atoms with Gasteiger partial charge in [0.05, 0.1) is 5.39 Å². The maximum absolute atomic E-state index is 11.7. The molecule has 4 rings (SSSR count). The van der Waals surface area contributed by atoms with Crippen LogP contribution < -0.4 is 4.90 Å². The summed E-state index contributed by atoms with van der Waals surface area (Å²) >= 11 is 0. The molecule has 2 aliphatic rings. The van der Waals surface area contributed by atoms with Gasteiger partial charge in [0.15, 0.2) is 0 Å². The van der Waals surface area contributed by atoms with Crippen molar-refractivity contribution in [1.29, 1.82) is 0 Å². The van der Waals surface area contributed by atoms with Crippen LogP contribution in [-0.4, -0.2) is 33.8 Å². The molecule has 2 heterocycles. The Labute approximate surface area is 123 Å². The van der Waals surface area contributed by atoms with Crippen molar-refractivity contribution < 1.29 is 4.79 Å². The van der Waals surface area contributed by atoms with Crippen molar-refractivity contribution in [2.75, 3.05) is 11.9 Å². The van der Waals surface area contributed by atoms with Crippen molar-refractivity contribution in [3.05, 3.63) is 18.6 Å². The van der Waals surface area contributed by atoms with Gasteiger partial charge in [-0.1, -0.05) is 0 Å². The van der Waals surface area contributed by atoms with E-state index in [1.807, 2.05) is 12.3 Å². The molecule has 5 heteroatoms. The third-order valence-corrected chi connectivity index (χ3v) is 5.31. The van der Waals surface area contributed by atoms with E-state index in [0.29, 0.717) is 17.7 Å². The summed E-state index contributed by atoms with van der Waals surface area (Å²) < 4.78 is 0. The van der Waals surface area contributed by atoms with E-state index in [9.17, 15) is 4.79 Å². The second kappa shape index (κ2) is 4.83. The quantitative estimate of drug-likeness (QED) is 0.920. The molecular formula is C16H20N4O. The van der Waals surface area contributed by atoms with E-state index in [-0.39, 0.29) is 0 Å². The van der Waals surface area contributed by atoms with Gasteiger partial charge in [-0.3, -0.25) is 4.79 Å². The molecule has 0 spiro atoms. The molecule has 0 saturated heterocycles. The maximum Gasteiger partial charge on any atom is 0.142 e. The Morgan fingerprint density at radius 2 is 2.14 bits per heavy atom. The zero-order chi connectivity index (χ0) is 14.4. The topological polar surface area (TPSA) is 61.9 Å². The number of anilines is 1. The second-order valence-corrected chi connectivity index (χ2v) is 6.47. The lowest BCUT2D eigenvalue weighted by Crippen LogP contribution is -2.30. The van der Waals surface area contributed by atoms with Crippen LogP contribution in [0.1, 0.15) is 32.1 Å². The van der Waals surface area contributed by atoms with E-state index in [0.717, 1.165) is 48.5 Å². The van der Waals surface area contributed by atoms with Crippen molar-refractivity contribution in [2.24, 2.45) is 11.8 Å². The van der Waals surface area contributed by atoms with Crippen LogP contribution in [0.4, 0.5) is 5.82 Å². The Kier molecular flexibility index (Phi) is 2.94. The van der Waals surface area contributed by atoms with E-state index in [1.165, 1.54) is 6.42 Å². The number of ketones is 1. The highest BCUT2D eigenvalue weighted by atomic mass is 16.1. The smallest absolute Gasteiger partial charge is 0.142 e. The van der Waals surface area contributed by atoms with Gasteiger partial charge < -0.3 is 9.88 Å². The first-order valence-corrected chi connectivity index (χ1v) is 7.75. The fourth-order valence-electron chi connectivity index (χ4n) is 4.15. The standard InChI is InChI=1S/C16H20N4O/c1-20(16-14-4-5-17-15(14)18-9-19-16)12-6-10-2-3-13(21)8-11(10)7-12/h4-5,9-12H,2-3,6-8H2,1H3,(H,17,18,19)/t10-,11-,12+/m1/s1. The average molecular weight is 284 g/mol. The SMILES string of the molecule is CN(c1ncnc2[nH]ccc12)[C@H]1C[C@H]2CCC(=O)C[C@H]2C1. The second-order valence-electron chi connectivity index (χ2n) is 6.47. The summed E-state index contributed by atoms with van der Waals surface area (Å²) in [6.45, 7) is 0. The third-order valence-electron chi connectivity index (χ3n) is 5.31. The number of fused-ring (bicyclic) bond motifs is 2. The number of Topliss-reactive ketones (excluding diaryl/α,β-unsaturated/α-hetero) is 1. The first-order chi connectivity index (χ1) is 10.2. The molecule has 0 amide bonds. The van der Waals surface area contributed by atoms with Crippen molar-refractivity contribution in [1.82, 2.24) is 15.0 Å². The number of carbonyl (C=O) groups excluding carboxylic acids is 1. The molecule has 1 N–H and O–H groups in total. The van der Waals surface area contributed by atoms with Crippen molar-refractivity contribution >= 4 is 22.6 Å². The van der Waals surface area contributed by atoms with Gasteiger partial charge in [0.1, 0.15) is 23.6 Å². The first kappa shape index (κ1) is 12.8. The Hall–Kier alpha value is -1.91. The van der Waals surface area contributed by atoms with Crippen molar-refractivity contribution in [3.8, 4) is 0 Å². The number of aromatic amines is 1. The number of hydrogen-bond acceptors (Lipinski definition) is 4. The van der Waals surface area contributed by atoms with Gasteiger partial charge >= 0.3 is 0 Å². The molecule has 0 radical (unpaired) electrons. The number of hydrogen-bond donors (Lipinski definition) is 1. The summed E-state index contributed by atoms with van der Waals surface area (Å²) in [5.41, 5.74) is 0.887. The Morgan fingerprint density at radius 1 is 1.29 bits per heavy atom. The number of nitrogens with zero attached hydrogens (tertiary/aromatic N) is 3. The normalized spacial score (nSPS) is 28.8. The summed E-state index contributed by atoms with van der Waals surface area (Å²) in [7, 11) is 2.12. The molecule has 0 aliphatic heterocycles. The summed E-state index contributed by atoms with van der Waals surface area (Å²) in [5, 5.41) is 1.07. The molecule has 2 aliphatic carbocycles. The number of nitrogens with one attached hydrogen (secondary N) is 1. The molecule has 5 nitrogen and oxygen atoms in total. The fraction of sp³-hybridized carbons (Fsp3) is 0.562. The van der Waals surface area contributed by atoms with E-state index in [4.69, 9.17) is 0 Å². The lowest BCUT2D eigenvalue weighted by molar-refractivity contribution is -0.122. The third kappa shape index (κ3) is 2.11. The van der Waals surface area contributed by atoms with Gasteiger partial charge in [0, 0.05) is 32.1 Å². The van der Waals surface area contributed by atoms with Gasteiger partial charge in [-0.25, -0.2) is 9.97 Å². The minimum atomic E-state index is 0.453. The van der Waals surface area contributed by atoms with E-state index in [2.05, 4.69) is 26.9 Å². The monoisotopic (exact) mass is 284 g/mol. The largest absolute Gasteiger partial charge is 0.356 e. The number of rotatable bonds is 2. The highest BCUT2D eigenvalue weighted by Gasteiger charge is 2.40. The van der Waals surface area contributed by atoms with Gasteiger partial charge in [-0.05, 0) is 37.2 Å². The predicted octanol–water partition coefficient (Wildman–Crippen LogP) is 2.54. The van der Waals surface area contributed by atoms with Gasteiger partial charge in [0.25, 0.3) is 0 Å². The predicted molar refractivity (Wildman–Crippen MR) is 81.2 cm³/mol. The molecule has 110 valence electrons. The Balaban J connectivity index is 1.59. The van der Waals surface area contributed by atoms with Crippen molar-refractivity contribution in [3.63, 3.8) is 0 Å². The maximum atomic E-state index is 11.7. The lowest BCUT2D eigenvalue weighted by Gasteiger charge is -2.26. The number of H-pyrrole nitrogens is 1. The van der Waals surface area contributed by atoms with Crippen LogP contribution in [0, 0.1) is 11.8 Å². The van der Waals surface area contributed by atoms with Crippen LogP contribution in [0.3, 0.4) is 0 Å². The molecule has 0 unspecified atom stereocenters. The van der Waals surface area contributed by atoms with Crippen LogP contribution in [0.25, 0.3) is 11.0 Å². The van der Waals surface area contributed by atoms with Crippen LogP contribution in [0.5, 0.6) is 0 Å². The zero-order valence-corrected chi connectivity index (χ0v) is 12.2. The summed E-state index contributed by atoms with van der Waals surface area (Å²) in [6, 6.07) is 2.52. The van der Waals surface area contributed by atoms with E-state index in [1.54, 1.807) is 6.33 Å². The van der Waals surface area contributed by atoms with Gasteiger partial charge in [-0.15, -0.1) is 0 Å². The molecule has 0 bridgehead atoms. The van der Waals surface area contributed by atoms with Gasteiger partial charge in [0.2, 0.25) is 0 Å². The molecule has 3 atom stereocenters. The molecular weight excluding hydrogens is 264 g/mol. The molecule has 0 aromatic carbocycles. The minimum Gasteiger partial charge on any atom is -0.356 e. The lowest BCUT2D eigenvalue weighted by atomic mass is 9.81. The fourth-order valence-corrected chi connectivity index (χ4v) is 4.15. The molecule has 2 saturated carbocycles. The summed E-state index contributed by atoms with van der Waals surface area (Å²) in [5.74, 6) is 2.76. The molecule has 2 aromatic rings. The average Bonchev–Trinajstić information content (AvgIpc) is 3.11. The highest BCUT2D eigenvalue weighted by Crippen LogP contribution is 2.43. The van der Waals surface area contributed by atoms with Crippen LogP contribution in [0.15, 0.2) is 18.6 Å². The van der Waals surface area contributed by atoms with Crippen LogP contribution >= 0.6 is 0 Å². The van der Waals surface area contributed by atoms with Gasteiger partial charge in [-0.2, -0.15) is 0 Å². The molecule has 2 fully saturated rings. The minimum absolute atomic E-state index is 0.453. The highest BCUT2D eigenvalue weighted by molar-refractivity contribution is 5.87. The first-order valence-electron chi connectivity index (χ1n) is 7.75. The number of aromatic nitrogens is 3. The van der Waals surface area contributed by atoms with E-state index < -0.39 is 0 Å². The number of carbonyl (C=O) groups is 1. The van der Waals surface area contributed by atoms with Crippen LogP contribution in [0.2, 0.25) is 0 Å².